The summed E-state index contributed by atoms with van der Waals surface area (Å²) in [7, 11) is 0. The summed E-state index contributed by atoms with van der Waals surface area (Å²) in [4.78, 5) is 7.32. The lowest BCUT2D eigenvalue weighted by molar-refractivity contribution is 0.0131. The highest BCUT2D eigenvalue weighted by molar-refractivity contribution is 5.84. The lowest BCUT2D eigenvalue weighted by Crippen LogP contribution is -2.56. The standard InChI is InChI=1S/C23H32N2/c1-3-4-20-9-17(10-21(18-5-6-18)22(20)19-7-8-19)12-25-14-23(15-25)11-16(2)24-13-23/h9-10,18-19H,3-8,11-15H2,1-2H3. The molecule has 2 aliphatic carbocycles. The van der Waals surface area contributed by atoms with Crippen molar-refractivity contribution in [2.45, 2.75) is 77.2 Å². The Hall–Kier alpha value is -1.15. The molecule has 0 N–H and O–H groups in total. The van der Waals surface area contributed by atoms with Crippen molar-refractivity contribution in [3.63, 3.8) is 0 Å². The van der Waals surface area contributed by atoms with Gasteiger partial charge < -0.3 is 0 Å². The molecule has 25 heavy (non-hydrogen) atoms. The lowest BCUT2D eigenvalue weighted by atomic mass is 9.77. The predicted molar refractivity (Wildman–Crippen MR) is 105 cm³/mol. The quantitative estimate of drug-likeness (QED) is 0.709. The molecular weight excluding hydrogens is 304 g/mol. The third-order valence-electron chi connectivity index (χ3n) is 6.72. The second-order valence-electron chi connectivity index (χ2n) is 9.43. The molecule has 0 atom stereocenters. The first-order valence-electron chi connectivity index (χ1n) is 10.5. The number of rotatable bonds is 6. The highest BCUT2D eigenvalue weighted by Gasteiger charge is 2.45. The molecule has 2 aliphatic heterocycles. The van der Waals surface area contributed by atoms with Crippen molar-refractivity contribution in [2.24, 2.45) is 10.4 Å². The van der Waals surface area contributed by atoms with E-state index in [-0.39, 0.29) is 0 Å². The van der Waals surface area contributed by atoms with Crippen LogP contribution in [-0.4, -0.2) is 30.2 Å². The molecule has 2 nitrogen and oxygen atoms in total. The number of benzene rings is 1. The minimum absolute atomic E-state index is 0.504. The third kappa shape index (κ3) is 3.07. The highest BCUT2D eigenvalue weighted by atomic mass is 15.2. The maximum atomic E-state index is 4.66. The fourth-order valence-electron chi connectivity index (χ4n) is 5.42. The van der Waals surface area contributed by atoms with Crippen molar-refractivity contribution >= 4 is 5.71 Å². The van der Waals surface area contributed by atoms with E-state index in [1.165, 1.54) is 63.7 Å². The second kappa shape index (κ2) is 5.94. The van der Waals surface area contributed by atoms with E-state index in [2.05, 4.69) is 35.9 Å². The molecule has 2 heterocycles. The summed E-state index contributed by atoms with van der Waals surface area (Å²) in [6, 6.07) is 5.18. The van der Waals surface area contributed by atoms with Crippen LogP contribution in [0.3, 0.4) is 0 Å². The first-order chi connectivity index (χ1) is 12.2. The normalized spacial score (nSPS) is 25.3. The van der Waals surface area contributed by atoms with Crippen molar-refractivity contribution < 1.29 is 0 Å². The molecule has 1 saturated heterocycles. The molecule has 134 valence electrons. The van der Waals surface area contributed by atoms with Gasteiger partial charge in [0.05, 0.1) is 0 Å². The van der Waals surface area contributed by atoms with Gasteiger partial charge >= 0.3 is 0 Å². The lowest BCUT2D eigenvalue weighted by Gasteiger charge is -2.48. The van der Waals surface area contributed by atoms with Crippen molar-refractivity contribution in [3.05, 3.63) is 34.4 Å². The van der Waals surface area contributed by atoms with Crippen LogP contribution in [0.1, 0.15) is 86.5 Å². The van der Waals surface area contributed by atoms with E-state index in [1.807, 2.05) is 0 Å². The van der Waals surface area contributed by atoms with Crippen LogP contribution in [0.5, 0.6) is 0 Å². The third-order valence-corrected chi connectivity index (χ3v) is 6.72. The predicted octanol–water partition coefficient (Wildman–Crippen LogP) is 5.06. The van der Waals surface area contributed by atoms with Crippen LogP contribution >= 0.6 is 0 Å². The van der Waals surface area contributed by atoms with Gasteiger partial charge in [-0.15, -0.1) is 0 Å². The maximum Gasteiger partial charge on any atom is 0.0473 e. The highest BCUT2D eigenvalue weighted by Crippen LogP contribution is 2.51. The van der Waals surface area contributed by atoms with Crippen molar-refractivity contribution in [3.8, 4) is 0 Å². The largest absolute Gasteiger partial charge is 0.298 e. The van der Waals surface area contributed by atoms with Crippen molar-refractivity contribution in [1.82, 2.24) is 4.90 Å². The van der Waals surface area contributed by atoms with E-state index in [0.29, 0.717) is 5.41 Å². The molecule has 0 aromatic heterocycles. The number of aliphatic imine (C=N–C) groups is 1. The van der Waals surface area contributed by atoms with Crippen LogP contribution in [-0.2, 0) is 13.0 Å². The van der Waals surface area contributed by atoms with E-state index < -0.39 is 0 Å². The first kappa shape index (κ1) is 16.1. The Morgan fingerprint density at radius 2 is 1.88 bits per heavy atom. The van der Waals surface area contributed by atoms with Crippen LogP contribution in [0.15, 0.2) is 17.1 Å². The molecule has 0 bridgehead atoms. The number of aryl methyl sites for hydroxylation is 1. The molecule has 1 aromatic rings. The van der Waals surface area contributed by atoms with E-state index >= 15 is 0 Å². The van der Waals surface area contributed by atoms with Gasteiger partial charge in [-0.2, -0.15) is 0 Å². The van der Waals surface area contributed by atoms with Crippen LogP contribution in [0.25, 0.3) is 0 Å². The van der Waals surface area contributed by atoms with E-state index in [0.717, 1.165) is 24.9 Å². The number of hydrogen-bond donors (Lipinski definition) is 0. The van der Waals surface area contributed by atoms with E-state index in [4.69, 9.17) is 0 Å². The van der Waals surface area contributed by atoms with Gasteiger partial charge in [0.25, 0.3) is 0 Å². The van der Waals surface area contributed by atoms with Crippen LogP contribution in [0.2, 0.25) is 0 Å². The monoisotopic (exact) mass is 336 g/mol. The fraction of sp³-hybridized carbons (Fsp3) is 0.696. The maximum absolute atomic E-state index is 4.66. The molecule has 4 aliphatic rings. The molecule has 2 heteroatoms. The molecule has 1 spiro atoms. The Bertz CT molecular complexity index is 703. The van der Waals surface area contributed by atoms with Gasteiger partial charge in [0.2, 0.25) is 0 Å². The fourth-order valence-corrected chi connectivity index (χ4v) is 5.42. The number of nitrogens with zero attached hydrogens (tertiary/aromatic N) is 2. The van der Waals surface area contributed by atoms with Gasteiger partial charge in [0.1, 0.15) is 0 Å². The SMILES string of the molecule is CCCc1cc(CN2CC3(CN=C(C)C3)C2)cc(C2CC2)c1C1CC1. The molecule has 0 amide bonds. The molecular formula is C23H32N2. The van der Waals surface area contributed by atoms with Gasteiger partial charge in [0, 0.05) is 37.3 Å². The Labute approximate surface area is 152 Å². The van der Waals surface area contributed by atoms with Crippen LogP contribution in [0.4, 0.5) is 0 Å². The minimum atomic E-state index is 0.504. The van der Waals surface area contributed by atoms with Gasteiger partial charge in [-0.1, -0.05) is 25.5 Å². The van der Waals surface area contributed by atoms with Crippen LogP contribution < -0.4 is 0 Å². The molecule has 2 saturated carbocycles. The van der Waals surface area contributed by atoms with Crippen molar-refractivity contribution in [1.29, 1.82) is 0 Å². The Morgan fingerprint density at radius 3 is 2.48 bits per heavy atom. The smallest absolute Gasteiger partial charge is 0.0473 e. The van der Waals surface area contributed by atoms with E-state index in [1.54, 1.807) is 22.3 Å². The zero-order chi connectivity index (χ0) is 17.0. The average molecular weight is 337 g/mol. The summed E-state index contributed by atoms with van der Waals surface area (Å²) in [5, 5.41) is 0. The van der Waals surface area contributed by atoms with Crippen LogP contribution in [0, 0.1) is 5.41 Å². The Kier molecular flexibility index (Phi) is 3.82. The number of likely N-dealkylation sites (tertiary alicyclic amines) is 1. The molecule has 3 fully saturated rings. The molecule has 0 radical (unpaired) electrons. The summed E-state index contributed by atoms with van der Waals surface area (Å²) in [5.41, 5.74) is 8.69. The first-order valence-corrected chi connectivity index (χ1v) is 10.5. The summed E-state index contributed by atoms with van der Waals surface area (Å²) in [6.07, 6.45) is 9.51. The minimum Gasteiger partial charge on any atom is -0.298 e. The zero-order valence-electron chi connectivity index (χ0n) is 16.0. The molecule has 1 aromatic carbocycles. The molecule has 5 rings (SSSR count). The summed E-state index contributed by atoms with van der Waals surface area (Å²) in [5.74, 6) is 1.79. The topological polar surface area (TPSA) is 15.6 Å². The van der Waals surface area contributed by atoms with Gasteiger partial charge in [0.15, 0.2) is 0 Å². The van der Waals surface area contributed by atoms with Gasteiger partial charge in [-0.25, -0.2) is 0 Å². The van der Waals surface area contributed by atoms with Crippen molar-refractivity contribution in [2.75, 3.05) is 19.6 Å². The summed E-state index contributed by atoms with van der Waals surface area (Å²) in [6.45, 7) is 9.27. The Balaban J connectivity index is 1.35. The summed E-state index contributed by atoms with van der Waals surface area (Å²) < 4.78 is 0. The number of hydrogen-bond acceptors (Lipinski definition) is 2. The van der Waals surface area contributed by atoms with E-state index in [9.17, 15) is 0 Å². The second-order valence-corrected chi connectivity index (χ2v) is 9.43. The average Bonchev–Trinajstić information content (AvgIpc) is 3.44. The molecule has 0 unspecified atom stereocenters. The van der Waals surface area contributed by atoms with Gasteiger partial charge in [-0.3, -0.25) is 9.89 Å². The Morgan fingerprint density at radius 1 is 1.12 bits per heavy atom. The van der Waals surface area contributed by atoms with Gasteiger partial charge in [-0.05, 0) is 79.5 Å². The summed E-state index contributed by atoms with van der Waals surface area (Å²) >= 11 is 0. The zero-order valence-corrected chi connectivity index (χ0v) is 16.0.